The Hall–Kier alpha value is -2.16. The van der Waals surface area contributed by atoms with Gasteiger partial charge in [0.05, 0.1) is 10.4 Å². The highest BCUT2D eigenvalue weighted by Gasteiger charge is 2.25. The van der Waals surface area contributed by atoms with Crippen LogP contribution in [0.4, 0.5) is 4.39 Å². The van der Waals surface area contributed by atoms with E-state index < -0.39 is 23.0 Å². The largest absolute Gasteiger partial charge is 0.490 e. The summed E-state index contributed by atoms with van der Waals surface area (Å²) in [6.45, 7) is 0. The van der Waals surface area contributed by atoms with Crippen molar-refractivity contribution in [2.24, 2.45) is 0 Å². The minimum absolute atomic E-state index is 0.0845. The molecule has 5 nitrogen and oxygen atoms in total. The molecule has 0 amide bonds. The van der Waals surface area contributed by atoms with E-state index in [1.54, 1.807) is 24.3 Å². The lowest BCUT2D eigenvalue weighted by Gasteiger charge is -2.07. The highest BCUT2D eigenvalue weighted by molar-refractivity contribution is 7.90. The summed E-state index contributed by atoms with van der Waals surface area (Å²) in [6, 6.07) is 10.9. The van der Waals surface area contributed by atoms with Gasteiger partial charge in [0.2, 0.25) is 0 Å². The summed E-state index contributed by atoms with van der Waals surface area (Å²) in [6.07, 6.45) is 1.16. The van der Waals surface area contributed by atoms with Gasteiger partial charge in [0.25, 0.3) is 10.0 Å². The Morgan fingerprint density at radius 2 is 1.64 bits per heavy atom. The van der Waals surface area contributed by atoms with Crippen LogP contribution in [0, 0.1) is 5.82 Å². The molecule has 0 bridgehead atoms. The zero-order chi connectivity index (χ0) is 15.9. The van der Waals surface area contributed by atoms with E-state index in [0.717, 1.165) is 34.4 Å². The lowest BCUT2D eigenvalue weighted by Crippen LogP contribution is -2.29. The van der Waals surface area contributed by atoms with E-state index in [1.165, 1.54) is 0 Å². The molecule has 0 saturated carbocycles. The molecule has 3 rings (SSSR count). The Bertz CT molecular complexity index is 935. The van der Waals surface area contributed by atoms with E-state index in [0.29, 0.717) is 10.9 Å². The number of hydrogen-bond donors (Lipinski definition) is 2. The molecule has 0 aliphatic heterocycles. The first-order chi connectivity index (χ1) is 10.4. The van der Waals surface area contributed by atoms with Crippen LogP contribution in [0.1, 0.15) is 0 Å². The molecular weight excluding hydrogens is 308 g/mol. The first-order valence-electron chi connectivity index (χ1n) is 6.38. The minimum atomic E-state index is -3.97. The molecule has 2 N–H and O–H groups in total. The van der Waals surface area contributed by atoms with E-state index in [9.17, 15) is 22.9 Å². The van der Waals surface area contributed by atoms with Crippen molar-refractivity contribution >= 4 is 33.5 Å². The molecule has 112 valence electrons. The quantitative estimate of drug-likeness (QED) is 0.697. The number of para-hydroxylation sites is 1. The van der Waals surface area contributed by atoms with Crippen molar-refractivity contribution in [2.45, 2.75) is 4.90 Å². The van der Waals surface area contributed by atoms with Gasteiger partial charge in [0, 0.05) is 17.0 Å². The summed E-state index contributed by atoms with van der Waals surface area (Å²) in [7, 11) is -5.76. The van der Waals surface area contributed by atoms with Gasteiger partial charge in [0.1, 0.15) is 5.82 Å². The van der Waals surface area contributed by atoms with Crippen LogP contribution in [0.25, 0.3) is 10.9 Å². The predicted octanol–water partition coefficient (Wildman–Crippen LogP) is 0.697. The smallest absolute Gasteiger partial charge is 0.423 e. The molecule has 22 heavy (non-hydrogen) atoms. The van der Waals surface area contributed by atoms with Crippen LogP contribution in [0.5, 0.6) is 0 Å². The summed E-state index contributed by atoms with van der Waals surface area (Å²) < 4.78 is 39.3. The molecule has 0 fully saturated rings. The molecule has 1 heterocycles. The average molecular weight is 319 g/mol. The van der Waals surface area contributed by atoms with E-state index in [2.05, 4.69) is 0 Å². The number of halogens is 1. The van der Waals surface area contributed by atoms with Gasteiger partial charge in [-0.15, -0.1) is 0 Å². The van der Waals surface area contributed by atoms with Gasteiger partial charge < -0.3 is 10.0 Å². The van der Waals surface area contributed by atoms with E-state index in [-0.39, 0.29) is 10.4 Å². The molecular formula is C14H11BFNO4S. The SMILES string of the molecule is O=S(=O)(c1ccc(F)cc1)n1cc(B(O)O)c2ccccc21. The third-order valence-electron chi connectivity index (χ3n) is 3.36. The number of nitrogens with zero attached hydrogens (tertiary/aromatic N) is 1. The molecule has 0 aliphatic carbocycles. The fourth-order valence-electron chi connectivity index (χ4n) is 2.30. The van der Waals surface area contributed by atoms with Crippen molar-refractivity contribution in [3.05, 3.63) is 60.5 Å². The van der Waals surface area contributed by atoms with Crippen LogP contribution in [0.2, 0.25) is 0 Å². The van der Waals surface area contributed by atoms with Crippen molar-refractivity contribution in [1.29, 1.82) is 0 Å². The number of rotatable bonds is 3. The monoisotopic (exact) mass is 319 g/mol. The van der Waals surface area contributed by atoms with Gasteiger partial charge >= 0.3 is 7.12 Å². The maximum absolute atomic E-state index is 13.0. The topological polar surface area (TPSA) is 79.5 Å². The first-order valence-corrected chi connectivity index (χ1v) is 7.82. The number of benzene rings is 2. The highest BCUT2D eigenvalue weighted by Crippen LogP contribution is 2.21. The molecule has 0 atom stereocenters. The number of hydrogen-bond acceptors (Lipinski definition) is 4. The van der Waals surface area contributed by atoms with E-state index in [1.807, 2.05) is 0 Å². The summed E-state index contributed by atoms with van der Waals surface area (Å²) in [5.74, 6) is -0.539. The van der Waals surface area contributed by atoms with Crippen LogP contribution in [-0.2, 0) is 10.0 Å². The highest BCUT2D eigenvalue weighted by atomic mass is 32.2. The Kier molecular flexibility index (Phi) is 3.52. The van der Waals surface area contributed by atoms with Gasteiger partial charge in [-0.25, -0.2) is 16.8 Å². The van der Waals surface area contributed by atoms with Crippen LogP contribution in [-0.4, -0.2) is 29.6 Å². The third-order valence-corrected chi connectivity index (χ3v) is 5.05. The maximum atomic E-state index is 13.0. The molecule has 0 radical (unpaired) electrons. The summed E-state index contributed by atoms with van der Waals surface area (Å²) in [5.41, 5.74) is 0.399. The Morgan fingerprint density at radius 3 is 2.27 bits per heavy atom. The Labute approximate surface area is 126 Å². The van der Waals surface area contributed by atoms with Gasteiger partial charge in [-0.3, -0.25) is 0 Å². The minimum Gasteiger partial charge on any atom is -0.423 e. The van der Waals surface area contributed by atoms with Gasteiger partial charge in [-0.1, -0.05) is 18.2 Å². The zero-order valence-electron chi connectivity index (χ0n) is 11.2. The van der Waals surface area contributed by atoms with E-state index >= 15 is 0 Å². The number of fused-ring (bicyclic) bond motifs is 1. The maximum Gasteiger partial charge on any atom is 0.490 e. The summed E-state index contributed by atoms with van der Waals surface area (Å²) >= 11 is 0. The molecule has 0 spiro atoms. The summed E-state index contributed by atoms with van der Waals surface area (Å²) in [5, 5.41) is 19.2. The fourth-order valence-corrected chi connectivity index (χ4v) is 3.68. The van der Waals surface area contributed by atoms with Crippen molar-refractivity contribution in [3.8, 4) is 0 Å². The molecule has 3 aromatic rings. The van der Waals surface area contributed by atoms with Crippen LogP contribution < -0.4 is 5.46 Å². The standard InChI is InChI=1S/C14H11BFNO4S/c16-10-5-7-11(8-6-10)22(20,21)17-9-13(15(18)19)12-3-1-2-4-14(12)17/h1-9,18-19H. The second-order valence-electron chi connectivity index (χ2n) is 4.73. The van der Waals surface area contributed by atoms with Crippen molar-refractivity contribution in [3.63, 3.8) is 0 Å². The third kappa shape index (κ3) is 2.31. The van der Waals surface area contributed by atoms with Gasteiger partial charge in [-0.2, -0.15) is 0 Å². The lowest BCUT2D eigenvalue weighted by molar-refractivity contribution is 0.426. The van der Waals surface area contributed by atoms with Crippen molar-refractivity contribution < 1.29 is 22.9 Å². The predicted molar refractivity (Wildman–Crippen MR) is 80.7 cm³/mol. The van der Waals surface area contributed by atoms with Crippen molar-refractivity contribution in [2.75, 3.05) is 0 Å². The van der Waals surface area contributed by atoms with Crippen LogP contribution >= 0.6 is 0 Å². The second-order valence-corrected chi connectivity index (χ2v) is 6.54. The molecule has 0 aliphatic rings. The van der Waals surface area contributed by atoms with E-state index in [4.69, 9.17) is 0 Å². The number of aromatic nitrogens is 1. The second kappa shape index (κ2) is 5.24. The average Bonchev–Trinajstić information content (AvgIpc) is 2.88. The molecule has 0 saturated heterocycles. The van der Waals surface area contributed by atoms with Gasteiger partial charge in [-0.05, 0) is 30.3 Å². The molecule has 2 aromatic carbocycles. The summed E-state index contributed by atoms with van der Waals surface area (Å²) in [4.78, 5) is -0.0892. The fraction of sp³-hybridized carbons (Fsp3) is 0. The molecule has 0 unspecified atom stereocenters. The molecule has 1 aromatic heterocycles. The first kappa shape index (κ1) is 14.8. The lowest BCUT2D eigenvalue weighted by atomic mass is 9.80. The normalized spacial score (nSPS) is 11.8. The van der Waals surface area contributed by atoms with Crippen LogP contribution in [0.3, 0.4) is 0 Å². The molecule has 8 heteroatoms. The van der Waals surface area contributed by atoms with Crippen LogP contribution in [0.15, 0.2) is 59.6 Å². The Balaban J connectivity index is 2.27. The van der Waals surface area contributed by atoms with Crippen molar-refractivity contribution in [1.82, 2.24) is 3.97 Å². The Morgan fingerprint density at radius 1 is 1.00 bits per heavy atom. The zero-order valence-corrected chi connectivity index (χ0v) is 12.0. The van der Waals surface area contributed by atoms with Gasteiger partial charge in [0.15, 0.2) is 0 Å².